The van der Waals surface area contributed by atoms with E-state index in [9.17, 15) is 18.4 Å². The molecule has 0 aliphatic carbocycles. The number of aryl methyl sites for hydroxylation is 1. The van der Waals surface area contributed by atoms with Gasteiger partial charge in [-0.05, 0) is 37.6 Å². The van der Waals surface area contributed by atoms with E-state index in [1.54, 1.807) is 35.6 Å². The molecule has 35 heavy (non-hydrogen) atoms. The number of hydrogen-bond donors (Lipinski definition) is 1. The van der Waals surface area contributed by atoms with Crippen LogP contribution >= 0.6 is 0 Å². The van der Waals surface area contributed by atoms with Gasteiger partial charge in [0.25, 0.3) is 11.8 Å². The highest BCUT2D eigenvalue weighted by Gasteiger charge is 2.28. The molecule has 7 nitrogen and oxygen atoms in total. The van der Waals surface area contributed by atoms with Gasteiger partial charge in [0.15, 0.2) is 0 Å². The number of aromatic nitrogens is 3. The third-order valence-electron chi connectivity index (χ3n) is 6.13. The predicted octanol–water partition coefficient (Wildman–Crippen LogP) is 4.15. The topological polar surface area (TPSA) is 94.1 Å². The van der Waals surface area contributed by atoms with E-state index in [1.165, 1.54) is 18.2 Å². The van der Waals surface area contributed by atoms with E-state index in [-0.39, 0.29) is 30.3 Å². The summed E-state index contributed by atoms with van der Waals surface area (Å²) in [5.74, 6) is -2.39. The van der Waals surface area contributed by atoms with Crippen molar-refractivity contribution in [3.8, 4) is 0 Å². The van der Waals surface area contributed by atoms with Crippen LogP contribution in [-0.4, -0.2) is 33.1 Å². The van der Waals surface area contributed by atoms with E-state index in [4.69, 9.17) is 5.73 Å². The molecular formula is C26H21F2N5O2. The van der Waals surface area contributed by atoms with E-state index in [1.807, 2.05) is 18.2 Å². The van der Waals surface area contributed by atoms with Gasteiger partial charge in [-0.25, -0.2) is 13.8 Å². The molecule has 9 heteroatoms. The first kappa shape index (κ1) is 22.4. The summed E-state index contributed by atoms with van der Waals surface area (Å²) >= 11 is 0. The van der Waals surface area contributed by atoms with Crippen LogP contribution in [0.1, 0.15) is 43.4 Å². The number of carbonyl (C=O) groups is 2. The van der Waals surface area contributed by atoms with Crippen molar-refractivity contribution in [3.05, 3.63) is 93.9 Å². The highest BCUT2D eigenvalue weighted by Crippen LogP contribution is 2.32. The summed E-state index contributed by atoms with van der Waals surface area (Å²) < 4.78 is 29.2. The number of benzene rings is 2. The van der Waals surface area contributed by atoms with Gasteiger partial charge in [0.1, 0.15) is 17.3 Å². The summed E-state index contributed by atoms with van der Waals surface area (Å²) in [6.07, 6.45) is 3.77. The molecule has 0 radical (unpaired) electrons. The highest BCUT2D eigenvalue weighted by atomic mass is 19.1. The molecule has 0 saturated heterocycles. The number of hydrogen-bond acceptors (Lipinski definition) is 4. The first-order valence-corrected chi connectivity index (χ1v) is 10.9. The predicted molar refractivity (Wildman–Crippen MR) is 128 cm³/mol. The largest absolute Gasteiger partial charge is 0.364 e. The lowest BCUT2D eigenvalue weighted by Crippen LogP contribution is -2.33. The fraction of sp³-hybridized carbons (Fsp3) is 0.154. The van der Waals surface area contributed by atoms with Crippen molar-refractivity contribution in [3.63, 3.8) is 0 Å². The minimum atomic E-state index is -0.730. The van der Waals surface area contributed by atoms with Gasteiger partial charge >= 0.3 is 0 Å². The summed E-state index contributed by atoms with van der Waals surface area (Å²) in [6, 6.07) is 10.2. The highest BCUT2D eigenvalue weighted by molar-refractivity contribution is 6.17. The van der Waals surface area contributed by atoms with Crippen molar-refractivity contribution < 1.29 is 18.4 Å². The van der Waals surface area contributed by atoms with E-state index in [0.717, 1.165) is 11.6 Å². The minimum Gasteiger partial charge on any atom is -0.364 e. The average Bonchev–Trinajstić information content (AvgIpc) is 3.09. The zero-order chi connectivity index (χ0) is 24.9. The second-order valence-corrected chi connectivity index (χ2v) is 8.39. The number of carbonyl (C=O) groups excluding carboxylic acids is 2. The Balaban J connectivity index is 1.62. The number of anilines is 1. The van der Waals surface area contributed by atoms with E-state index >= 15 is 0 Å². The zero-order valence-electron chi connectivity index (χ0n) is 19.0. The van der Waals surface area contributed by atoms with Gasteiger partial charge in [-0.15, -0.1) is 0 Å². The number of pyridine rings is 1. The molecule has 2 aromatic heterocycles. The normalized spacial score (nSPS) is 14.2. The van der Waals surface area contributed by atoms with Crippen molar-refractivity contribution in [2.75, 3.05) is 11.4 Å². The van der Waals surface area contributed by atoms with E-state index < -0.39 is 17.5 Å². The fourth-order valence-electron chi connectivity index (χ4n) is 4.50. The van der Waals surface area contributed by atoms with Gasteiger partial charge in [-0.3, -0.25) is 14.3 Å². The lowest BCUT2D eigenvalue weighted by Gasteiger charge is -2.25. The van der Waals surface area contributed by atoms with Crippen molar-refractivity contribution in [2.45, 2.75) is 20.4 Å². The number of amides is 2. The van der Waals surface area contributed by atoms with Crippen LogP contribution in [0, 0.1) is 25.5 Å². The SMILES string of the molecule is Cc1nn(Cc2ccc(F)cc2F)c(C)c1N1C/C=C/c2cccc3nc(C(N)=O)cc(c23)C1=O. The van der Waals surface area contributed by atoms with Gasteiger partial charge in [0.05, 0.1) is 34.7 Å². The lowest BCUT2D eigenvalue weighted by atomic mass is 9.98. The summed E-state index contributed by atoms with van der Waals surface area (Å²) in [5.41, 5.74) is 9.15. The Bertz CT molecular complexity index is 1560. The van der Waals surface area contributed by atoms with Crippen LogP contribution in [0.25, 0.3) is 17.0 Å². The molecule has 0 atom stereocenters. The first-order valence-electron chi connectivity index (χ1n) is 10.9. The molecule has 2 N–H and O–H groups in total. The maximum atomic E-state index is 14.3. The molecule has 5 rings (SSSR count). The molecule has 1 aliphatic rings. The van der Waals surface area contributed by atoms with Crippen LogP contribution in [0.15, 0.2) is 48.5 Å². The van der Waals surface area contributed by atoms with Gasteiger partial charge < -0.3 is 10.6 Å². The van der Waals surface area contributed by atoms with Crippen molar-refractivity contribution in [2.24, 2.45) is 5.73 Å². The number of nitrogens with two attached hydrogens (primary N) is 1. The Kier molecular flexibility index (Phi) is 5.39. The third-order valence-corrected chi connectivity index (χ3v) is 6.13. The Hall–Kier alpha value is -4.40. The summed E-state index contributed by atoms with van der Waals surface area (Å²) in [4.78, 5) is 31.7. The van der Waals surface area contributed by atoms with Crippen LogP contribution < -0.4 is 10.6 Å². The monoisotopic (exact) mass is 473 g/mol. The number of halogens is 2. The number of primary amides is 1. The molecule has 0 bridgehead atoms. The van der Waals surface area contributed by atoms with Crippen LogP contribution in [0.5, 0.6) is 0 Å². The van der Waals surface area contributed by atoms with Gasteiger partial charge in [0.2, 0.25) is 0 Å². The molecule has 0 spiro atoms. The van der Waals surface area contributed by atoms with Crippen molar-refractivity contribution in [1.29, 1.82) is 0 Å². The van der Waals surface area contributed by atoms with Crippen molar-refractivity contribution in [1.82, 2.24) is 14.8 Å². The fourth-order valence-corrected chi connectivity index (χ4v) is 4.50. The van der Waals surface area contributed by atoms with Crippen molar-refractivity contribution >= 4 is 34.5 Å². The third kappa shape index (κ3) is 3.84. The molecule has 4 aromatic rings. The molecule has 0 saturated carbocycles. The Morgan fingerprint density at radius 1 is 1.14 bits per heavy atom. The smallest absolute Gasteiger partial charge is 0.267 e. The maximum absolute atomic E-state index is 14.3. The Morgan fingerprint density at radius 2 is 1.94 bits per heavy atom. The summed E-state index contributed by atoms with van der Waals surface area (Å²) in [6.45, 7) is 3.88. The second-order valence-electron chi connectivity index (χ2n) is 8.39. The number of rotatable bonds is 4. The van der Waals surface area contributed by atoms with Crippen LogP contribution in [0.4, 0.5) is 14.5 Å². The maximum Gasteiger partial charge on any atom is 0.267 e. The summed E-state index contributed by atoms with van der Waals surface area (Å²) in [5, 5.41) is 5.15. The minimum absolute atomic E-state index is 0.00146. The standard InChI is InChI=1S/C26H21F2N5O2/c1-14-24(15(2)33(31-14)13-17-8-9-18(27)11-20(17)28)32-10-4-6-16-5-3-7-21-23(16)19(26(32)35)12-22(30-21)25(29)34/h3-9,11-12H,10,13H2,1-2H3,(H2,29,34)/b6-4+. The van der Waals surface area contributed by atoms with Crippen LogP contribution in [-0.2, 0) is 6.54 Å². The molecule has 2 amide bonds. The van der Waals surface area contributed by atoms with Gasteiger partial charge in [-0.2, -0.15) is 5.10 Å². The summed E-state index contributed by atoms with van der Waals surface area (Å²) in [7, 11) is 0. The molecule has 0 fully saturated rings. The number of nitrogens with zero attached hydrogens (tertiary/aromatic N) is 4. The second kappa shape index (κ2) is 8.43. The quantitative estimate of drug-likeness (QED) is 0.482. The Labute approximate surface area is 199 Å². The van der Waals surface area contributed by atoms with Crippen LogP contribution in [0.2, 0.25) is 0 Å². The van der Waals surface area contributed by atoms with E-state index in [0.29, 0.717) is 33.5 Å². The average molecular weight is 473 g/mol. The lowest BCUT2D eigenvalue weighted by molar-refractivity contribution is 0.0990. The van der Waals surface area contributed by atoms with Gasteiger partial charge in [0, 0.05) is 23.6 Å². The molecule has 3 heterocycles. The van der Waals surface area contributed by atoms with Gasteiger partial charge in [-0.1, -0.05) is 30.4 Å². The zero-order valence-corrected chi connectivity index (χ0v) is 19.0. The Morgan fingerprint density at radius 3 is 2.69 bits per heavy atom. The molecule has 2 aromatic carbocycles. The molecule has 1 aliphatic heterocycles. The molecular weight excluding hydrogens is 452 g/mol. The van der Waals surface area contributed by atoms with E-state index in [2.05, 4.69) is 10.1 Å². The first-order chi connectivity index (χ1) is 16.7. The molecule has 0 unspecified atom stereocenters. The molecule has 176 valence electrons. The van der Waals surface area contributed by atoms with Crippen LogP contribution in [0.3, 0.4) is 0 Å².